The first-order valence-corrected chi connectivity index (χ1v) is 10.9. The number of nitrogens with one attached hydrogen (secondary N) is 1. The molecule has 0 bridgehead atoms. The number of carbonyl (C=O) groups is 1. The Hall–Kier alpha value is -3.75. The molecule has 0 saturated carbocycles. The van der Waals surface area contributed by atoms with Crippen LogP contribution in [0.5, 0.6) is 11.5 Å². The van der Waals surface area contributed by atoms with Gasteiger partial charge < -0.3 is 14.8 Å². The number of nitrogens with zero attached hydrogens (tertiary/aromatic N) is 1. The molecule has 0 aliphatic carbocycles. The third-order valence-electron chi connectivity index (χ3n) is 4.87. The predicted octanol–water partition coefficient (Wildman–Crippen LogP) is 6.48. The zero-order chi connectivity index (χ0) is 23.8. The number of hydrogen-bond donors (Lipinski definition) is 1. The van der Waals surface area contributed by atoms with Crippen LogP contribution < -0.4 is 14.8 Å². The van der Waals surface area contributed by atoms with Crippen LogP contribution in [0.1, 0.15) is 29.2 Å². The maximum absolute atomic E-state index is 12.7. The van der Waals surface area contributed by atoms with Gasteiger partial charge in [0.2, 0.25) is 0 Å². The molecule has 168 valence electrons. The Morgan fingerprint density at radius 2 is 1.88 bits per heavy atom. The Bertz CT molecular complexity index is 1230. The molecule has 0 unspecified atom stereocenters. The minimum atomic E-state index is -0.467. The zero-order valence-corrected chi connectivity index (χ0v) is 19.6. The summed E-state index contributed by atoms with van der Waals surface area (Å²) in [6.45, 7) is 6.50. The number of benzene rings is 3. The van der Waals surface area contributed by atoms with Crippen LogP contribution in [0.2, 0.25) is 5.02 Å². The number of anilines is 1. The standard InChI is InChI=1S/C27H25ClN2O3/c1-4-32-26-15-20(10-11-25(26)33-17-21-6-5-7-23(28)14-21)13-22(16-29)27(31)30-24-12-18(2)8-9-19(24)3/h5-15H,4,17H2,1-3H3,(H,30,31)/b22-13+. The Morgan fingerprint density at radius 3 is 2.61 bits per heavy atom. The van der Waals surface area contributed by atoms with E-state index >= 15 is 0 Å². The van der Waals surface area contributed by atoms with Gasteiger partial charge in [-0.2, -0.15) is 5.26 Å². The quantitative estimate of drug-likeness (QED) is 0.308. The fraction of sp³-hybridized carbons (Fsp3) is 0.185. The molecule has 0 fully saturated rings. The number of carbonyl (C=O) groups excluding carboxylic acids is 1. The Balaban J connectivity index is 1.80. The minimum Gasteiger partial charge on any atom is -0.490 e. The summed E-state index contributed by atoms with van der Waals surface area (Å²) in [5.41, 5.74) is 4.20. The molecule has 0 heterocycles. The minimum absolute atomic E-state index is 0.00838. The van der Waals surface area contributed by atoms with Crippen molar-refractivity contribution in [2.75, 3.05) is 11.9 Å². The number of rotatable bonds is 8. The second-order valence-corrected chi connectivity index (χ2v) is 7.94. The lowest BCUT2D eigenvalue weighted by molar-refractivity contribution is -0.112. The average molecular weight is 461 g/mol. The fourth-order valence-corrected chi connectivity index (χ4v) is 3.38. The van der Waals surface area contributed by atoms with Gasteiger partial charge in [-0.3, -0.25) is 4.79 Å². The highest BCUT2D eigenvalue weighted by molar-refractivity contribution is 6.30. The molecule has 6 heteroatoms. The summed E-state index contributed by atoms with van der Waals surface area (Å²) in [6, 6.07) is 20.5. The maximum atomic E-state index is 12.7. The number of hydrogen-bond acceptors (Lipinski definition) is 4. The molecule has 0 aliphatic heterocycles. The molecule has 3 aromatic carbocycles. The molecule has 3 aromatic rings. The van der Waals surface area contributed by atoms with E-state index in [4.69, 9.17) is 21.1 Å². The van der Waals surface area contributed by atoms with Crippen molar-refractivity contribution < 1.29 is 14.3 Å². The van der Waals surface area contributed by atoms with Crippen LogP contribution in [0.4, 0.5) is 5.69 Å². The third-order valence-corrected chi connectivity index (χ3v) is 5.10. The normalized spacial score (nSPS) is 10.9. The van der Waals surface area contributed by atoms with E-state index in [1.807, 2.05) is 63.2 Å². The topological polar surface area (TPSA) is 71.3 Å². The van der Waals surface area contributed by atoms with Crippen LogP contribution in [-0.2, 0) is 11.4 Å². The summed E-state index contributed by atoms with van der Waals surface area (Å²) < 4.78 is 11.6. The van der Waals surface area contributed by atoms with Crippen molar-refractivity contribution in [2.45, 2.75) is 27.4 Å². The molecule has 0 aliphatic rings. The molecule has 0 saturated heterocycles. The highest BCUT2D eigenvalue weighted by Gasteiger charge is 2.13. The summed E-state index contributed by atoms with van der Waals surface area (Å²) in [5, 5.41) is 13.0. The van der Waals surface area contributed by atoms with Crippen molar-refractivity contribution in [1.29, 1.82) is 5.26 Å². The van der Waals surface area contributed by atoms with Crippen molar-refractivity contribution >= 4 is 29.3 Å². The Kier molecular flexibility index (Phi) is 8.12. The highest BCUT2D eigenvalue weighted by Crippen LogP contribution is 2.30. The van der Waals surface area contributed by atoms with E-state index in [9.17, 15) is 10.1 Å². The largest absolute Gasteiger partial charge is 0.490 e. The lowest BCUT2D eigenvalue weighted by Gasteiger charge is -2.13. The Labute approximate surface area is 199 Å². The van der Waals surface area contributed by atoms with Gasteiger partial charge in [0.25, 0.3) is 5.91 Å². The summed E-state index contributed by atoms with van der Waals surface area (Å²) in [6.07, 6.45) is 1.53. The van der Waals surface area contributed by atoms with E-state index in [1.54, 1.807) is 24.3 Å². The molecule has 5 nitrogen and oxygen atoms in total. The van der Waals surface area contributed by atoms with Crippen LogP contribution in [0.3, 0.4) is 0 Å². The van der Waals surface area contributed by atoms with Crippen molar-refractivity contribution in [2.24, 2.45) is 0 Å². The van der Waals surface area contributed by atoms with Crippen molar-refractivity contribution in [3.05, 3.63) is 93.5 Å². The second kappa shape index (κ2) is 11.2. The molecular weight excluding hydrogens is 436 g/mol. The van der Waals surface area contributed by atoms with Gasteiger partial charge in [0, 0.05) is 10.7 Å². The van der Waals surface area contributed by atoms with E-state index in [0.717, 1.165) is 16.7 Å². The predicted molar refractivity (Wildman–Crippen MR) is 132 cm³/mol. The summed E-state index contributed by atoms with van der Waals surface area (Å²) >= 11 is 6.04. The number of nitriles is 1. The first-order chi connectivity index (χ1) is 15.9. The summed E-state index contributed by atoms with van der Waals surface area (Å²) in [7, 11) is 0. The molecule has 0 aromatic heterocycles. The zero-order valence-electron chi connectivity index (χ0n) is 18.8. The number of halogens is 1. The maximum Gasteiger partial charge on any atom is 0.266 e. The molecule has 0 radical (unpaired) electrons. The first-order valence-electron chi connectivity index (χ1n) is 10.5. The van der Waals surface area contributed by atoms with Gasteiger partial charge in [0.15, 0.2) is 11.5 Å². The van der Waals surface area contributed by atoms with Gasteiger partial charge in [-0.15, -0.1) is 0 Å². The van der Waals surface area contributed by atoms with Gasteiger partial charge in [-0.25, -0.2) is 0 Å². The smallest absolute Gasteiger partial charge is 0.266 e. The lowest BCUT2D eigenvalue weighted by atomic mass is 10.1. The van der Waals surface area contributed by atoms with Crippen LogP contribution in [0.25, 0.3) is 6.08 Å². The van der Waals surface area contributed by atoms with E-state index < -0.39 is 5.91 Å². The van der Waals surface area contributed by atoms with Crippen LogP contribution in [-0.4, -0.2) is 12.5 Å². The molecule has 0 atom stereocenters. The summed E-state index contributed by atoms with van der Waals surface area (Å²) in [5.74, 6) is 0.623. The monoisotopic (exact) mass is 460 g/mol. The van der Waals surface area contributed by atoms with Crippen LogP contribution in [0, 0.1) is 25.2 Å². The molecule has 33 heavy (non-hydrogen) atoms. The molecular formula is C27H25ClN2O3. The highest BCUT2D eigenvalue weighted by atomic mass is 35.5. The van der Waals surface area contributed by atoms with E-state index in [0.29, 0.717) is 41.0 Å². The van der Waals surface area contributed by atoms with Gasteiger partial charge in [0.1, 0.15) is 18.2 Å². The third kappa shape index (κ3) is 6.61. The van der Waals surface area contributed by atoms with Crippen molar-refractivity contribution in [3.63, 3.8) is 0 Å². The molecule has 0 spiro atoms. The number of ether oxygens (including phenoxy) is 2. The van der Waals surface area contributed by atoms with Gasteiger partial charge >= 0.3 is 0 Å². The van der Waals surface area contributed by atoms with Gasteiger partial charge in [-0.05, 0) is 79.4 Å². The lowest BCUT2D eigenvalue weighted by Crippen LogP contribution is -2.14. The Morgan fingerprint density at radius 1 is 1.06 bits per heavy atom. The van der Waals surface area contributed by atoms with Gasteiger partial charge in [0.05, 0.1) is 6.61 Å². The van der Waals surface area contributed by atoms with Crippen molar-refractivity contribution in [3.8, 4) is 17.6 Å². The molecule has 1 N–H and O–H groups in total. The number of aryl methyl sites for hydroxylation is 2. The molecule has 3 rings (SSSR count). The van der Waals surface area contributed by atoms with Crippen LogP contribution >= 0.6 is 11.6 Å². The first kappa shape index (κ1) is 23.9. The average Bonchev–Trinajstić information content (AvgIpc) is 2.79. The van der Waals surface area contributed by atoms with Crippen molar-refractivity contribution in [1.82, 2.24) is 0 Å². The SMILES string of the molecule is CCOc1cc(/C=C(\C#N)C(=O)Nc2cc(C)ccc2C)ccc1OCc1cccc(Cl)c1. The van der Waals surface area contributed by atoms with Crippen LogP contribution in [0.15, 0.2) is 66.2 Å². The van der Waals surface area contributed by atoms with E-state index in [2.05, 4.69) is 5.32 Å². The van der Waals surface area contributed by atoms with E-state index in [-0.39, 0.29) is 5.57 Å². The number of amides is 1. The summed E-state index contributed by atoms with van der Waals surface area (Å²) in [4.78, 5) is 12.7. The van der Waals surface area contributed by atoms with Gasteiger partial charge in [-0.1, -0.05) is 41.9 Å². The fourth-order valence-electron chi connectivity index (χ4n) is 3.17. The molecule has 1 amide bonds. The van der Waals surface area contributed by atoms with E-state index in [1.165, 1.54) is 6.08 Å². The second-order valence-electron chi connectivity index (χ2n) is 7.50.